The molecule has 0 spiro atoms. The van der Waals surface area contributed by atoms with Gasteiger partial charge in [-0.2, -0.15) is 24.5 Å². The van der Waals surface area contributed by atoms with E-state index in [0.29, 0.717) is 29.2 Å². The van der Waals surface area contributed by atoms with Crippen molar-refractivity contribution >= 4 is 67.0 Å². The van der Waals surface area contributed by atoms with Crippen LogP contribution in [0, 0.1) is 26.8 Å². The Kier molecular flexibility index (Phi) is 9.18. The normalized spacial score (nSPS) is 11.6. The summed E-state index contributed by atoms with van der Waals surface area (Å²) in [5, 5.41) is 19.3. The minimum Gasteiger partial charge on any atom is -0.351 e. The first kappa shape index (κ1) is 31.9. The number of anilines is 5. The van der Waals surface area contributed by atoms with Crippen LogP contribution in [0.5, 0.6) is 0 Å². The highest BCUT2D eigenvalue weighted by molar-refractivity contribution is 7.91. The summed E-state index contributed by atoms with van der Waals surface area (Å²) in [6.45, 7) is 7.84. The van der Waals surface area contributed by atoms with Crippen molar-refractivity contribution in [1.29, 1.82) is 0 Å². The van der Waals surface area contributed by atoms with Gasteiger partial charge in [0.05, 0.1) is 22.0 Å². The van der Waals surface area contributed by atoms with E-state index in [1.807, 2.05) is 19.9 Å². The number of hydrogen-bond acceptors (Lipinski definition) is 10. The number of hydrogen-bond donors (Lipinski definition) is 4. The molecule has 2 amide bonds. The Morgan fingerprint density at radius 2 is 1.48 bits per heavy atom. The average molecular weight is 642 g/mol. The molecular weight excluding hydrogens is 609 g/mol. The molecule has 0 unspecified atom stereocenters. The smallest absolute Gasteiger partial charge is 0.316 e. The van der Waals surface area contributed by atoms with Crippen LogP contribution in [0.1, 0.15) is 30.0 Å². The van der Waals surface area contributed by atoms with Gasteiger partial charge < -0.3 is 21.7 Å². The molecular formula is C32H32FN9O3S. The van der Waals surface area contributed by atoms with E-state index in [1.165, 1.54) is 35.9 Å². The highest BCUT2D eigenvalue weighted by Gasteiger charge is 2.14. The van der Waals surface area contributed by atoms with Crippen molar-refractivity contribution in [2.75, 3.05) is 21.7 Å². The number of carbonyl (C=O) groups excluding carboxylic acids is 1. The molecule has 46 heavy (non-hydrogen) atoms. The summed E-state index contributed by atoms with van der Waals surface area (Å²) >= 11 is 0. The highest BCUT2D eigenvalue weighted by Crippen LogP contribution is 2.34. The van der Waals surface area contributed by atoms with Crippen LogP contribution >= 0.6 is 0 Å². The van der Waals surface area contributed by atoms with E-state index in [-0.39, 0.29) is 28.2 Å². The quantitative estimate of drug-likeness (QED) is 0.112. The summed E-state index contributed by atoms with van der Waals surface area (Å²) in [5.41, 5.74) is 10.7. The van der Waals surface area contributed by atoms with E-state index in [4.69, 9.17) is 5.73 Å². The molecule has 0 aliphatic carbocycles. The second-order valence-electron chi connectivity index (χ2n) is 10.7. The Balaban J connectivity index is 1.38. The predicted octanol–water partition coefficient (Wildman–Crippen LogP) is 7.67. The monoisotopic (exact) mass is 641 g/mol. The van der Waals surface area contributed by atoms with Crippen molar-refractivity contribution in [3.05, 3.63) is 89.5 Å². The Labute approximate surface area is 265 Å². The second kappa shape index (κ2) is 13.2. The van der Waals surface area contributed by atoms with Crippen LogP contribution in [0.3, 0.4) is 0 Å². The summed E-state index contributed by atoms with van der Waals surface area (Å²) in [6.07, 6.45) is -0.557. The van der Waals surface area contributed by atoms with Crippen molar-refractivity contribution in [2.45, 2.75) is 39.0 Å². The molecule has 5 rings (SSSR count). The van der Waals surface area contributed by atoms with E-state index in [2.05, 4.69) is 66.3 Å². The number of carbonyl (C=O) groups is 1. The number of azo groups is 1. The van der Waals surface area contributed by atoms with Gasteiger partial charge in [-0.05, 0) is 104 Å². The lowest BCUT2D eigenvalue weighted by Crippen LogP contribution is -2.19. The number of urea groups is 1. The standard InChI is InChI=1S/C32H32FN9O3S/c1-5-12-46(44,45)24-9-6-22(7-10-24)35-31-38-29(33)39-32(40-31)36-23-8-11-26(28(16-23)37-30(34)43)41-42-27-17-25-19(3)13-18(2)14-21(25)15-20(27)4/h6-11,13-17H,5,12H2,1-4H3,(H3,34,37,43)(H2,35,36,38,39,40). The maximum Gasteiger partial charge on any atom is 0.316 e. The third-order valence-corrected chi connectivity index (χ3v) is 8.88. The fraction of sp³-hybridized carbons (Fsp3) is 0.188. The zero-order valence-corrected chi connectivity index (χ0v) is 26.4. The number of nitrogens with one attached hydrogen (secondary N) is 3. The molecule has 1 heterocycles. The minimum absolute atomic E-state index is 0.0393. The molecule has 5 N–H and O–H groups in total. The van der Waals surface area contributed by atoms with Gasteiger partial charge in [-0.1, -0.05) is 24.6 Å². The minimum atomic E-state index is -3.38. The van der Waals surface area contributed by atoms with Crippen LogP contribution in [-0.2, 0) is 9.84 Å². The average Bonchev–Trinajstić information content (AvgIpc) is 2.96. The molecule has 14 heteroatoms. The fourth-order valence-electron chi connectivity index (χ4n) is 4.89. The molecule has 0 fully saturated rings. The first-order chi connectivity index (χ1) is 21.9. The maximum absolute atomic E-state index is 14.4. The van der Waals surface area contributed by atoms with Crippen LogP contribution in [0.2, 0.25) is 0 Å². The lowest BCUT2D eigenvalue weighted by molar-refractivity contribution is 0.259. The molecule has 0 atom stereocenters. The van der Waals surface area contributed by atoms with Gasteiger partial charge in [-0.25, -0.2) is 13.2 Å². The number of nitrogens with two attached hydrogens (primary N) is 1. The van der Waals surface area contributed by atoms with Crippen molar-refractivity contribution in [3.63, 3.8) is 0 Å². The lowest BCUT2D eigenvalue weighted by atomic mass is 9.99. The number of primary amides is 1. The van der Waals surface area contributed by atoms with E-state index >= 15 is 0 Å². The number of benzene rings is 4. The molecule has 0 aliphatic heterocycles. The highest BCUT2D eigenvalue weighted by atomic mass is 32.2. The fourth-order valence-corrected chi connectivity index (χ4v) is 6.21. The largest absolute Gasteiger partial charge is 0.351 e. The first-order valence-corrected chi connectivity index (χ1v) is 16.0. The maximum atomic E-state index is 14.4. The number of fused-ring (bicyclic) bond motifs is 1. The van der Waals surface area contributed by atoms with Crippen LogP contribution in [-0.4, -0.2) is 35.2 Å². The summed E-state index contributed by atoms with van der Waals surface area (Å²) in [6, 6.07) is 18.2. The van der Waals surface area contributed by atoms with Crippen LogP contribution < -0.4 is 21.7 Å². The number of nitrogens with zero attached hydrogens (tertiary/aromatic N) is 5. The van der Waals surface area contributed by atoms with Crippen LogP contribution in [0.25, 0.3) is 10.8 Å². The molecule has 236 valence electrons. The Morgan fingerprint density at radius 3 is 2.15 bits per heavy atom. The number of aromatic nitrogens is 3. The lowest BCUT2D eigenvalue weighted by Gasteiger charge is -2.11. The van der Waals surface area contributed by atoms with Crippen LogP contribution in [0.15, 0.2) is 81.9 Å². The van der Waals surface area contributed by atoms with E-state index in [0.717, 1.165) is 21.9 Å². The third kappa shape index (κ3) is 7.58. The molecule has 1 aromatic heterocycles. The second-order valence-corrected chi connectivity index (χ2v) is 12.8. The zero-order chi connectivity index (χ0) is 33.0. The van der Waals surface area contributed by atoms with Gasteiger partial charge >= 0.3 is 12.1 Å². The molecule has 4 aromatic carbocycles. The van der Waals surface area contributed by atoms with Gasteiger partial charge in [0.1, 0.15) is 5.69 Å². The van der Waals surface area contributed by atoms with Gasteiger partial charge in [0.25, 0.3) is 0 Å². The Morgan fingerprint density at radius 1 is 0.826 bits per heavy atom. The molecule has 0 radical (unpaired) electrons. The third-order valence-electron chi connectivity index (χ3n) is 6.95. The number of aryl methyl sites for hydroxylation is 3. The van der Waals surface area contributed by atoms with Gasteiger partial charge in [0.2, 0.25) is 11.9 Å². The number of halogens is 1. The van der Waals surface area contributed by atoms with Gasteiger partial charge in [-0.15, -0.1) is 5.11 Å². The van der Waals surface area contributed by atoms with Gasteiger partial charge in [-0.3, -0.25) is 0 Å². The van der Waals surface area contributed by atoms with Crippen molar-refractivity contribution in [1.82, 2.24) is 15.0 Å². The summed E-state index contributed by atoms with van der Waals surface area (Å²) in [4.78, 5) is 23.6. The summed E-state index contributed by atoms with van der Waals surface area (Å²) in [7, 11) is -3.38. The van der Waals surface area contributed by atoms with E-state index in [1.54, 1.807) is 19.1 Å². The predicted molar refractivity (Wildman–Crippen MR) is 177 cm³/mol. The molecule has 0 saturated carbocycles. The SMILES string of the molecule is CCCS(=O)(=O)c1ccc(Nc2nc(F)nc(Nc3ccc(N=Nc4cc5c(C)cc(C)cc5cc4C)c(NC(N)=O)c3)n2)cc1. The number of rotatable bonds is 10. The number of sulfone groups is 1. The van der Waals surface area contributed by atoms with E-state index in [9.17, 15) is 17.6 Å². The van der Waals surface area contributed by atoms with Crippen molar-refractivity contribution in [3.8, 4) is 0 Å². The van der Waals surface area contributed by atoms with Gasteiger partial charge in [0, 0.05) is 11.4 Å². The molecule has 5 aromatic rings. The van der Waals surface area contributed by atoms with Crippen molar-refractivity contribution in [2.24, 2.45) is 16.0 Å². The van der Waals surface area contributed by atoms with Crippen LogP contribution in [0.4, 0.5) is 49.5 Å². The number of amides is 2. The molecule has 12 nitrogen and oxygen atoms in total. The van der Waals surface area contributed by atoms with E-state index < -0.39 is 21.9 Å². The van der Waals surface area contributed by atoms with Crippen molar-refractivity contribution < 1.29 is 17.6 Å². The Hall–Kier alpha value is -5.50. The first-order valence-electron chi connectivity index (χ1n) is 14.3. The molecule has 0 bridgehead atoms. The topological polar surface area (TPSA) is 177 Å². The molecule has 0 aliphatic rings. The van der Waals surface area contributed by atoms with Gasteiger partial charge in [0.15, 0.2) is 9.84 Å². The summed E-state index contributed by atoms with van der Waals surface area (Å²) < 4.78 is 39.0. The zero-order valence-electron chi connectivity index (χ0n) is 25.6. The Bertz CT molecular complexity index is 2090. The summed E-state index contributed by atoms with van der Waals surface area (Å²) in [5.74, 6) is -0.206. The molecule has 0 saturated heterocycles.